The molecular formula is C12H20F3N. The first-order chi connectivity index (χ1) is 7.39. The monoisotopic (exact) mass is 235 g/mol. The van der Waals surface area contributed by atoms with Crippen LogP contribution in [0.4, 0.5) is 13.2 Å². The van der Waals surface area contributed by atoms with Crippen molar-refractivity contribution in [1.82, 2.24) is 0 Å². The van der Waals surface area contributed by atoms with Gasteiger partial charge in [-0.05, 0) is 57.3 Å². The third-order valence-electron chi connectivity index (χ3n) is 4.25. The largest absolute Gasteiger partial charge is 0.391 e. The lowest BCUT2D eigenvalue weighted by atomic mass is 9.79. The summed E-state index contributed by atoms with van der Waals surface area (Å²) in [7, 11) is 0. The molecule has 2 N–H and O–H groups in total. The van der Waals surface area contributed by atoms with Crippen molar-refractivity contribution in [1.29, 1.82) is 0 Å². The molecule has 0 aromatic heterocycles. The van der Waals surface area contributed by atoms with Crippen LogP contribution in [0.5, 0.6) is 0 Å². The van der Waals surface area contributed by atoms with Crippen LogP contribution in [0.1, 0.15) is 51.4 Å². The van der Waals surface area contributed by atoms with E-state index in [-0.39, 0.29) is 5.54 Å². The van der Waals surface area contributed by atoms with Crippen molar-refractivity contribution in [3.05, 3.63) is 0 Å². The molecule has 0 radical (unpaired) electrons. The number of rotatable bonds is 3. The molecule has 94 valence electrons. The maximum atomic E-state index is 12.4. The fourth-order valence-corrected chi connectivity index (χ4v) is 2.68. The molecular weight excluding hydrogens is 215 g/mol. The lowest BCUT2D eigenvalue weighted by Crippen LogP contribution is -2.29. The second kappa shape index (κ2) is 4.21. The predicted octanol–water partition coefficient (Wildman–Crippen LogP) is 3.63. The van der Waals surface area contributed by atoms with Gasteiger partial charge in [-0.2, -0.15) is 13.2 Å². The zero-order valence-corrected chi connectivity index (χ0v) is 9.52. The zero-order chi connectivity index (χ0) is 11.8. The average molecular weight is 235 g/mol. The van der Waals surface area contributed by atoms with Crippen molar-refractivity contribution in [2.24, 2.45) is 17.6 Å². The van der Waals surface area contributed by atoms with Crippen LogP contribution in [0, 0.1) is 11.8 Å². The molecule has 0 atom stereocenters. The maximum Gasteiger partial charge on any atom is 0.391 e. The molecule has 2 aliphatic rings. The highest BCUT2D eigenvalue weighted by atomic mass is 19.4. The Morgan fingerprint density at radius 1 is 1.06 bits per heavy atom. The highest BCUT2D eigenvalue weighted by Gasteiger charge is 2.42. The van der Waals surface area contributed by atoms with Crippen molar-refractivity contribution in [2.45, 2.75) is 63.1 Å². The van der Waals surface area contributed by atoms with Gasteiger partial charge >= 0.3 is 6.18 Å². The molecule has 2 aliphatic carbocycles. The third-order valence-corrected chi connectivity index (χ3v) is 4.25. The average Bonchev–Trinajstić information content (AvgIpc) is 2.94. The predicted molar refractivity (Wildman–Crippen MR) is 56.9 cm³/mol. The molecule has 0 saturated heterocycles. The Balaban J connectivity index is 1.69. The molecule has 2 rings (SSSR count). The van der Waals surface area contributed by atoms with Gasteiger partial charge < -0.3 is 5.73 Å². The number of halogens is 3. The topological polar surface area (TPSA) is 26.0 Å². The van der Waals surface area contributed by atoms with Crippen molar-refractivity contribution < 1.29 is 13.2 Å². The van der Waals surface area contributed by atoms with Crippen LogP contribution in [0.15, 0.2) is 0 Å². The fraction of sp³-hybridized carbons (Fsp3) is 1.00. The number of alkyl halides is 3. The van der Waals surface area contributed by atoms with E-state index in [1.54, 1.807) is 0 Å². The van der Waals surface area contributed by atoms with Gasteiger partial charge in [-0.1, -0.05) is 0 Å². The lowest BCUT2D eigenvalue weighted by Gasteiger charge is -2.30. The summed E-state index contributed by atoms with van der Waals surface area (Å²) >= 11 is 0. The van der Waals surface area contributed by atoms with E-state index in [0.29, 0.717) is 18.8 Å². The van der Waals surface area contributed by atoms with Gasteiger partial charge in [0.1, 0.15) is 0 Å². The number of hydrogen-bond donors (Lipinski definition) is 1. The first-order valence-electron chi connectivity index (χ1n) is 6.25. The summed E-state index contributed by atoms with van der Waals surface area (Å²) in [5, 5.41) is 0. The third kappa shape index (κ3) is 3.12. The van der Waals surface area contributed by atoms with Crippen LogP contribution in [0.2, 0.25) is 0 Å². The van der Waals surface area contributed by atoms with Crippen LogP contribution in [-0.2, 0) is 0 Å². The van der Waals surface area contributed by atoms with Crippen LogP contribution >= 0.6 is 0 Å². The molecule has 0 aliphatic heterocycles. The van der Waals surface area contributed by atoms with E-state index in [2.05, 4.69) is 0 Å². The number of hydrogen-bond acceptors (Lipinski definition) is 1. The Labute approximate surface area is 94.6 Å². The van der Waals surface area contributed by atoms with E-state index >= 15 is 0 Å². The number of nitrogens with two attached hydrogens (primary N) is 1. The summed E-state index contributed by atoms with van der Waals surface area (Å²) in [6, 6.07) is 0. The van der Waals surface area contributed by atoms with Gasteiger partial charge in [0.15, 0.2) is 0 Å². The summed E-state index contributed by atoms with van der Waals surface area (Å²) in [5.41, 5.74) is 6.04. The van der Waals surface area contributed by atoms with E-state index in [0.717, 1.165) is 38.5 Å². The van der Waals surface area contributed by atoms with E-state index in [1.807, 2.05) is 0 Å². The van der Waals surface area contributed by atoms with E-state index < -0.39 is 12.1 Å². The quantitative estimate of drug-likeness (QED) is 0.794. The molecule has 0 heterocycles. The highest BCUT2D eigenvalue weighted by molar-refractivity contribution is 4.98. The molecule has 0 spiro atoms. The van der Waals surface area contributed by atoms with Crippen molar-refractivity contribution in [3.63, 3.8) is 0 Å². The normalized spacial score (nSPS) is 33.8. The second-order valence-electron chi connectivity index (χ2n) is 5.66. The summed E-state index contributed by atoms with van der Waals surface area (Å²) in [6.07, 6.45) is 2.39. The minimum absolute atomic E-state index is 0.0564. The van der Waals surface area contributed by atoms with Gasteiger partial charge in [-0.3, -0.25) is 0 Å². The Bertz CT molecular complexity index is 237. The first kappa shape index (κ1) is 12.2. The van der Waals surface area contributed by atoms with Gasteiger partial charge in [0, 0.05) is 5.54 Å². The van der Waals surface area contributed by atoms with Gasteiger partial charge in [0.2, 0.25) is 0 Å². The molecule has 2 saturated carbocycles. The van der Waals surface area contributed by atoms with Crippen LogP contribution < -0.4 is 5.73 Å². The minimum Gasteiger partial charge on any atom is -0.325 e. The smallest absolute Gasteiger partial charge is 0.325 e. The van der Waals surface area contributed by atoms with Gasteiger partial charge in [0.05, 0.1) is 5.92 Å². The Kier molecular flexibility index (Phi) is 3.21. The molecule has 0 aromatic carbocycles. The molecule has 0 aromatic rings. The Morgan fingerprint density at radius 3 is 2.06 bits per heavy atom. The van der Waals surface area contributed by atoms with E-state index in [9.17, 15) is 13.2 Å². The Morgan fingerprint density at radius 2 is 1.62 bits per heavy atom. The van der Waals surface area contributed by atoms with Crippen LogP contribution in [-0.4, -0.2) is 11.7 Å². The molecule has 4 heteroatoms. The summed E-state index contributed by atoms with van der Waals surface area (Å²) in [5.74, 6) is -0.559. The van der Waals surface area contributed by atoms with Crippen molar-refractivity contribution >= 4 is 0 Å². The molecule has 0 amide bonds. The SMILES string of the molecule is NC1(CCC2CCC(C(F)(F)F)CC2)CC1. The van der Waals surface area contributed by atoms with Gasteiger partial charge in [-0.25, -0.2) is 0 Å². The highest BCUT2D eigenvalue weighted by Crippen LogP contribution is 2.43. The fourth-order valence-electron chi connectivity index (χ4n) is 2.68. The molecule has 2 fully saturated rings. The van der Waals surface area contributed by atoms with E-state index in [4.69, 9.17) is 5.73 Å². The molecule has 0 unspecified atom stereocenters. The standard InChI is InChI=1S/C12H20F3N/c13-12(14,15)10-3-1-9(2-4-10)5-6-11(16)7-8-11/h9-10H,1-8,16H2. The second-order valence-corrected chi connectivity index (χ2v) is 5.66. The van der Waals surface area contributed by atoms with Gasteiger partial charge in [0.25, 0.3) is 0 Å². The van der Waals surface area contributed by atoms with Gasteiger partial charge in [-0.15, -0.1) is 0 Å². The Hall–Kier alpha value is -0.250. The molecule has 1 nitrogen and oxygen atoms in total. The summed E-state index contributed by atoms with van der Waals surface area (Å²) < 4.78 is 37.3. The van der Waals surface area contributed by atoms with Crippen LogP contribution in [0.25, 0.3) is 0 Å². The van der Waals surface area contributed by atoms with E-state index in [1.165, 1.54) is 0 Å². The maximum absolute atomic E-state index is 12.4. The lowest BCUT2D eigenvalue weighted by molar-refractivity contribution is -0.184. The molecule has 16 heavy (non-hydrogen) atoms. The summed E-state index contributed by atoms with van der Waals surface area (Å²) in [6.45, 7) is 0. The van der Waals surface area contributed by atoms with Crippen LogP contribution in [0.3, 0.4) is 0 Å². The zero-order valence-electron chi connectivity index (χ0n) is 9.52. The van der Waals surface area contributed by atoms with Crippen molar-refractivity contribution in [2.75, 3.05) is 0 Å². The van der Waals surface area contributed by atoms with Crippen molar-refractivity contribution in [3.8, 4) is 0 Å². The summed E-state index contributed by atoms with van der Waals surface area (Å²) in [4.78, 5) is 0. The first-order valence-corrected chi connectivity index (χ1v) is 6.25. The molecule has 0 bridgehead atoms. The minimum atomic E-state index is -3.98.